The van der Waals surface area contributed by atoms with Crippen LogP contribution in [0.4, 0.5) is 0 Å². The molecule has 0 bridgehead atoms. The molecule has 1 aromatic heterocycles. The molecular weight excluding hydrogens is 665 g/mol. The smallest absolute Gasteiger partial charge is 0.160 e. The van der Waals surface area contributed by atoms with Crippen LogP contribution in [0.3, 0.4) is 0 Å². The molecule has 0 radical (unpaired) electrons. The first kappa shape index (κ1) is 31.4. The summed E-state index contributed by atoms with van der Waals surface area (Å²) in [6, 6.07) is 74.6. The Kier molecular flexibility index (Phi) is 7.11. The lowest BCUT2D eigenvalue weighted by Crippen LogP contribution is -2.29. The topological polar surface area (TPSA) is 25.8 Å². The van der Waals surface area contributed by atoms with Crippen LogP contribution in [0.5, 0.6) is 0 Å². The summed E-state index contributed by atoms with van der Waals surface area (Å²) in [6.07, 6.45) is 0. The van der Waals surface area contributed by atoms with Gasteiger partial charge in [-0.25, -0.2) is 9.97 Å². The van der Waals surface area contributed by atoms with Gasteiger partial charge in [0, 0.05) is 16.7 Å². The fraction of sp³-hybridized carbons (Fsp3) is 0.0189. The van der Waals surface area contributed by atoms with Gasteiger partial charge in [0.1, 0.15) is 0 Å². The zero-order chi connectivity index (χ0) is 36.3. The van der Waals surface area contributed by atoms with Crippen LogP contribution in [0.1, 0.15) is 22.3 Å². The van der Waals surface area contributed by atoms with Gasteiger partial charge >= 0.3 is 0 Å². The standard InChI is InChI=1S/C53H34N2/c1-3-16-35(17-4-1)37-20-15-21-38(32-37)51-34-50(36-18-5-2-6-19-36)54-52(55-51)39-30-31-49-45(33-39)44-26-11-14-29-48(44)53(49)46-27-12-9-24-42(46)40-22-7-8-23-41(40)43-25-10-13-28-47(43)53/h1-34H. The third-order valence-electron chi connectivity index (χ3n) is 11.5. The van der Waals surface area contributed by atoms with Crippen LogP contribution < -0.4 is 0 Å². The van der Waals surface area contributed by atoms with Gasteiger partial charge in [-0.2, -0.15) is 0 Å². The molecule has 55 heavy (non-hydrogen) atoms. The molecule has 0 aliphatic heterocycles. The third kappa shape index (κ3) is 4.82. The van der Waals surface area contributed by atoms with E-state index in [1.54, 1.807) is 0 Å². The lowest BCUT2D eigenvalue weighted by Gasteiger charge is -2.35. The van der Waals surface area contributed by atoms with E-state index in [-0.39, 0.29) is 0 Å². The summed E-state index contributed by atoms with van der Waals surface area (Å²) in [5, 5.41) is 0. The monoisotopic (exact) mass is 698 g/mol. The van der Waals surface area contributed by atoms with Gasteiger partial charge in [0.2, 0.25) is 0 Å². The van der Waals surface area contributed by atoms with Gasteiger partial charge in [-0.1, -0.05) is 188 Å². The van der Waals surface area contributed by atoms with Gasteiger partial charge in [0.15, 0.2) is 5.82 Å². The molecule has 0 amide bonds. The van der Waals surface area contributed by atoms with Crippen molar-refractivity contribution in [1.82, 2.24) is 9.97 Å². The van der Waals surface area contributed by atoms with Crippen molar-refractivity contribution < 1.29 is 0 Å². The van der Waals surface area contributed by atoms with E-state index in [0.717, 1.165) is 33.6 Å². The second kappa shape index (κ2) is 12.5. The van der Waals surface area contributed by atoms with Crippen LogP contribution in [0.25, 0.3) is 78.4 Å². The predicted octanol–water partition coefficient (Wildman–Crippen LogP) is 13.2. The SMILES string of the molecule is c1ccc(-c2cccc(-c3cc(-c4ccccc4)nc(-c4ccc5c(c4)-c4ccccc4C54c5ccccc5-c5ccccc5-c5ccccc54)n3)c2)cc1. The normalized spacial score (nSPS) is 12.9. The van der Waals surface area contributed by atoms with E-state index in [1.165, 1.54) is 61.2 Å². The first-order valence-electron chi connectivity index (χ1n) is 18.9. The minimum atomic E-state index is -0.521. The van der Waals surface area contributed by atoms with Gasteiger partial charge in [-0.3, -0.25) is 0 Å². The van der Waals surface area contributed by atoms with E-state index < -0.39 is 5.41 Å². The van der Waals surface area contributed by atoms with Crippen molar-refractivity contribution in [2.75, 3.05) is 0 Å². The highest BCUT2D eigenvalue weighted by Crippen LogP contribution is 2.61. The lowest BCUT2D eigenvalue weighted by molar-refractivity contribution is 0.775. The Balaban J connectivity index is 1.15. The molecule has 2 aliphatic rings. The predicted molar refractivity (Wildman–Crippen MR) is 226 cm³/mol. The molecule has 0 saturated heterocycles. The summed E-state index contributed by atoms with van der Waals surface area (Å²) in [5.74, 6) is 0.705. The maximum absolute atomic E-state index is 5.32. The highest BCUT2D eigenvalue weighted by molar-refractivity contribution is 5.97. The minimum absolute atomic E-state index is 0.521. The van der Waals surface area contributed by atoms with Crippen molar-refractivity contribution in [3.05, 3.63) is 229 Å². The van der Waals surface area contributed by atoms with E-state index in [1.807, 2.05) is 6.07 Å². The number of aromatic nitrogens is 2. The van der Waals surface area contributed by atoms with Crippen LogP contribution in [-0.4, -0.2) is 9.97 Å². The lowest BCUT2D eigenvalue weighted by atomic mass is 9.66. The first-order valence-corrected chi connectivity index (χ1v) is 18.9. The molecule has 0 unspecified atom stereocenters. The van der Waals surface area contributed by atoms with E-state index >= 15 is 0 Å². The van der Waals surface area contributed by atoms with E-state index in [4.69, 9.17) is 9.97 Å². The molecule has 2 heteroatoms. The van der Waals surface area contributed by atoms with Crippen molar-refractivity contribution >= 4 is 0 Å². The highest BCUT2D eigenvalue weighted by atomic mass is 14.9. The molecule has 2 aliphatic carbocycles. The van der Waals surface area contributed by atoms with Crippen LogP contribution in [0.2, 0.25) is 0 Å². The molecule has 8 aromatic carbocycles. The Bertz CT molecular complexity index is 2860. The molecule has 0 atom stereocenters. The van der Waals surface area contributed by atoms with E-state index in [0.29, 0.717) is 5.82 Å². The van der Waals surface area contributed by atoms with Crippen LogP contribution in [0, 0.1) is 0 Å². The van der Waals surface area contributed by atoms with Crippen molar-refractivity contribution in [3.8, 4) is 78.4 Å². The fourth-order valence-corrected chi connectivity index (χ4v) is 9.16. The van der Waals surface area contributed by atoms with Crippen LogP contribution in [0.15, 0.2) is 206 Å². The van der Waals surface area contributed by atoms with Crippen molar-refractivity contribution in [3.63, 3.8) is 0 Å². The second-order valence-corrected chi connectivity index (χ2v) is 14.5. The van der Waals surface area contributed by atoms with E-state index in [9.17, 15) is 0 Å². The molecule has 11 rings (SSSR count). The molecule has 1 spiro atoms. The minimum Gasteiger partial charge on any atom is -0.228 e. The Morgan fingerprint density at radius 3 is 1.29 bits per heavy atom. The number of hydrogen-bond donors (Lipinski definition) is 0. The quantitative estimate of drug-likeness (QED) is 0.183. The summed E-state index contributed by atoms with van der Waals surface area (Å²) in [4.78, 5) is 10.6. The average molecular weight is 699 g/mol. The maximum atomic E-state index is 5.32. The first-order chi connectivity index (χ1) is 27.3. The number of nitrogens with zero attached hydrogens (tertiary/aromatic N) is 2. The molecule has 9 aromatic rings. The van der Waals surface area contributed by atoms with Crippen molar-refractivity contribution in [2.45, 2.75) is 5.41 Å². The zero-order valence-corrected chi connectivity index (χ0v) is 30.0. The molecule has 0 N–H and O–H groups in total. The Hall–Kier alpha value is -7.16. The number of rotatable bonds is 4. The van der Waals surface area contributed by atoms with Gasteiger partial charge in [-0.15, -0.1) is 0 Å². The maximum Gasteiger partial charge on any atom is 0.160 e. The molecule has 256 valence electrons. The second-order valence-electron chi connectivity index (χ2n) is 14.5. The summed E-state index contributed by atoms with van der Waals surface area (Å²) in [5.41, 5.74) is 19.4. The number of benzene rings is 8. The largest absolute Gasteiger partial charge is 0.228 e. The summed E-state index contributed by atoms with van der Waals surface area (Å²) < 4.78 is 0. The zero-order valence-electron chi connectivity index (χ0n) is 30.0. The molecular formula is C53H34N2. The average Bonchev–Trinajstić information content (AvgIpc) is 3.51. The van der Waals surface area contributed by atoms with Gasteiger partial charge in [0.05, 0.1) is 16.8 Å². The molecule has 0 saturated carbocycles. The van der Waals surface area contributed by atoms with Crippen LogP contribution >= 0.6 is 0 Å². The van der Waals surface area contributed by atoms with Crippen LogP contribution in [-0.2, 0) is 5.41 Å². The molecule has 1 heterocycles. The molecule has 0 fully saturated rings. The Morgan fingerprint density at radius 2 is 0.691 bits per heavy atom. The Morgan fingerprint density at radius 1 is 0.255 bits per heavy atom. The molecule has 2 nitrogen and oxygen atoms in total. The summed E-state index contributed by atoms with van der Waals surface area (Å²) in [7, 11) is 0. The van der Waals surface area contributed by atoms with Gasteiger partial charge < -0.3 is 0 Å². The number of fused-ring (bicyclic) bond motifs is 12. The van der Waals surface area contributed by atoms with E-state index in [2.05, 4.69) is 200 Å². The third-order valence-corrected chi connectivity index (χ3v) is 11.5. The summed E-state index contributed by atoms with van der Waals surface area (Å²) >= 11 is 0. The van der Waals surface area contributed by atoms with Gasteiger partial charge in [0.25, 0.3) is 0 Å². The number of hydrogen-bond acceptors (Lipinski definition) is 2. The van der Waals surface area contributed by atoms with Crippen molar-refractivity contribution in [2.24, 2.45) is 0 Å². The van der Waals surface area contributed by atoms with Gasteiger partial charge in [-0.05, 0) is 85.0 Å². The van der Waals surface area contributed by atoms with Crippen molar-refractivity contribution in [1.29, 1.82) is 0 Å². The highest BCUT2D eigenvalue weighted by Gasteiger charge is 2.49. The fourth-order valence-electron chi connectivity index (χ4n) is 9.16. The Labute approximate surface area is 321 Å². The summed E-state index contributed by atoms with van der Waals surface area (Å²) in [6.45, 7) is 0.